The average molecular weight is 377 g/mol. The van der Waals surface area contributed by atoms with E-state index in [1.807, 2.05) is 30.3 Å². The lowest BCUT2D eigenvalue weighted by molar-refractivity contribution is -0.119. The van der Waals surface area contributed by atoms with Gasteiger partial charge in [-0.25, -0.2) is 9.97 Å². The molecular formula is C19H19N7O2. The lowest BCUT2D eigenvalue weighted by atomic mass is 10.1. The van der Waals surface area contributed by atoms with Crippen LogP contribution >= 0.6 is 0 Å². The van der Waals surface area contributed by atoms with Crippen molar-refractivity contribution in [2.45, 2.75) is 12.5 Å². The van der Waals surface area contributed by atoms with Crippen molar-refractivity contribution < 1.29 is 9.59 Å². The Morgan fingerprint density at radius 3 is 2.96 bits per heavy atom. The molecule has 142 valence electrons. The summed E-state index contributed by atoms with van der Waals surface area (Å²) in [6, 6.07) is 10.8. The van der Waals surface area contributed by atoms with E-state index in [1.165, 1.54) is 11.2 Å². The number of amides is 2. The monoisotopic (exact) mass is 377 g/mol. The molecule has 2 amide bonds. The first-order valence-electron chi connectivity index (χ1n) is 8.82. The number of fused-ring (bicyclic) bond motifs is 1. The van der Waals surface area contributed by atoms with Crippen molar-refractivity contribution in [3.05, 3.63) is 65.9 Å². The molecule has 1 atom stereocenters. The number of carbonyl (C=O) groups is 2. The quantitative estimate of drug-likeness (QED) is 0.624. The van der Waals surface area contributed by atoms with Gasteiger partial charge in [0.2, 0.25) is 0 Å². The van der Waals surface area contributed by atoms with Gasteiger partial charge in [0, 0.05) is 20.0 Å². The molecule has 4 rings (SSSR count). The zero-order valence-electron chi connectivity index (χ0n) is 15.2. The van der Waals surface area contributed by atoms with E-state index in [4.69, 9.17) is 0 Å². The number of H-pyrrole nitrogens is 1. The number of benzene rings is 1. The Morgan fingerprint density at radius 1 is 1.32 bits per heavy atom. The molecule has 3 heterocycles. The number of hydrogen-bond donors (Lipinski definition) is 3. The van der Waals surface area contributed by atoms with Crippen LogP contribution in [0.4, 0.5) is 11.5 Å². The van der Waals surface area contributed by atoms with Crippen LogP contribution in [0.3, 0.4) is 0 Å². The first-order valence-corrected chi connectivity index (χ1v) is 8.82. The molecule has 0 saturated heterocycles. The number of carbonyl (C=O) groups excluding carboxylic acids is 2. The maximum absolute atomic E-state index is 12.7. The van der Waals surface area contributed by atoms with Gasteiger partial charge in [0.15, 0.2) is 5.82 Å². The molecule has 0 saturated carbocycles. The van der Waals surface area contributed by atoms with Crippen LogP contribution < -0.4 is 15.5 Å². The van der Waals surface area contributed by atoms with Crippen molar-refractivity contribution in [3.8, 4) is 0 Å². The fourth-order valence-electron chi connectivity index (χ4n) is 3.07. The van der Waals surface area contributed by atoms with E-state index >= 15 is 0 Å². The Labute approximate surface area is 161 Å². The minimum absolute atomic E-state index is 0.226. The Balaban J connectivity index is 1.45. The zero-order chi connectivity index (χ0) is 19.5. The Morgan fingerprint density at radius 2 is 2.14 bits per heavy atom. The second-order valence-corrected chi connectivity index (χ2v) is 6.50. The molecule has 0 spiro atoms. The van der Waals surface area contributed by atoms with Gasteiger partial charge in [0.1, 0.15) is 23.8 Å². The lowest BCUT2D eigenvalue weighted by Crippen LogP contribution is -2.49. The number of rotatable bonds is 4. The highest BCUT2D eigenvalue weighted by Crippen LogP contribution is 2.24. The molecule has 1 aromatic carbocycles. The third-order valence-corrected chi connectivity index (χ3v) is 4.57. The van der Waals surface area contributed by atoms with Crippen LogP contribution in [0.25, 0.3) is 0 Å². The van der Waals surface area contributed by atoms with Gasteiger partial charge in [-0.3, -0.25) is 14.7 Å². The summed E-state index contributed by atoms with van der Waals surface area (Å²) in [5.74, 6) is -0.0925. The molecule has 1 unspecified atom stereocenters. The highest BCUT2D eigenvalue weighted by atomic mass is 16.2. The van der Waals surface area contributed by atoms with Gasteiger partial charge < -0.3 is 15.5 Å². The van der Waals surface area contributed by atoms with Crippen LogP contribution in [0, 0.1) is 0 Å². The second kappa shape index (κ2) is 7.47. The summed E-state index contributed by atoms with van der Waals surface area (Å²) < 4.78 is 0. The largest absolute Gasteiger partial charge is 0.366 e. The minimum atomic E-state index is -0.743. The standard InChI is InChI=1S/C19H19N7O2/c1-26-16-10-20-11-22-17(16)21-9-15(19(26)28)23-18(27)14-8-13(24-25-14)7-12-5-3-2-4-6-12/h2-6,8,10-11,15H,7,9H2,1H3,(H,23,27)(H,24,25)(H,20,21,22). The minimum Gasteiger partial charge on any atom is -0.366 e. The van der Waals surface area contributed by atoms with E-state index in [-0.39, 0.29) is 12.5 Å². The predicted molar refractivity (Wildman–Crippen MR) is 103 cm³/mol. The van der Waals surface area contributed by atoms with Gasteiger partial charge in [-0.15, -0.1) is 0 Å². The first kappa shape index (κ1) is 17.7. The molecule has 9 heteroatoms. The number of nitrogens with one attached hydrogen (secondary N) is 3. The highest BCUT2D eigenvalue weighted by molar-refractivity contribution is 6.03. The summed E-state index contributed by atoms with van der Waals surface area (Å²) >= 11 is 0. The smallest absolute Gasteiger partial charge is 0.270 e. The van der Waals surface area contributed by atoms with E-state index in [0.29, 0.717) is 23.6 Å². The Kier molecular flexibility index (Phi) is 4.71. The van der Waals surface area contributed by atoms with E-state index in [2.05, 4.69) is 30.8 Å². The zero-order valence-corrected chi connectivity index (χ0v) is 15.2. The molecule has 0 bridgehead atoms. The second-order valence-electron chi connectivity index (χ2n) is 6.50. The van der Waals surface area contributed by atoms with E-state index < -0.39 is 11.9 Å². The molecule has 3 aromatic rings. The molecule has 28 heavy (non-hydrogen) atoms. The number of anilines is 2. The molecule has 9 nitrogen and oxygen atoms in total. The van der Waals surface area contributed by atoms with Crippen LogP contribution in [0.5, 0.6) is 0 Å². The SMILES string of the molecule is CN1C(=O)C(NC(=O)c2cc(Cc3ccccc3)n[nH]2)CNc2ncncc21. The average Bonchev–Trinajstić information content (AvgIpc) is 3.15. The topological polar surface area (TPSA) is 116 Å². The summed E-state index contributed by atoms with van der Waals surface area (Å²) in [5.41, 5.74) is 2.73. The van der Waals surface area contributed by atoms with Crippen molar-refractivity contribution in [2.75, 3.05) is 23.8 Å². The van der Waals surface area contributed by atoms with Crippen molar-refractivity contribution in [1.82, 2.24) is 25.5 Å². The summed E-state index contributed by atoms with van der Waals surface area (Å²) in [5, 5.41) is 12.8. The Bertz CT molecular complexity index is 1000. The fraction of sp³-hybridized carbons (Fsp3) is 0.211. The van der Waals surface area contributed by atoms with Crippen LogP contribution in [0.2, 0.25) is 0 Å². The molecule has 0 fully saturated rings. The number of aromatic amines is 1. The van der Waals surface area contributed by atoms with E-state index in [1.54, 1.807) is 19.3 Å². The fourth-order valence-corrected chi connectivity index (χ4v) is 3.07. The van der Waals surface area contributed by atoms with Gasteiger partial charge in [-0.05, 0) is 11.6 Å². The molecule has 2 aromatic heterocycles. The van der Waals surface area contributed by atoms with Crippen LogP contribution in [-0.4, -0.2) is 51.6 Å². The van der Waals surface area contributed by atoms with Crippen molar-refractivity contribution in [2.24, 2.45) is 0 Å². The van der Waals surface area contributed by atoms with Gasteiger partial charge in [-0.1, -0.05) is 30.3 Å². The van der Waals surface area contributed by atoms with E-state index in [0.717, 1.165) is 11.3 Å². The van der Waals surface area contributed by atoms with Crippen molar-refractivity contribution in [3.63, 3.8) is 0 Å². The molecule has 0 radical (unpaired) electrons. The summed E-state index contributed by atoms with van der Waals surface area (Å²) in [6.07, 6.45) is 3.58. The summed E-state index contributed by atoms with van der Waals surface area (Å²) in [7, 11) is 1.63. The molecule has 0 aliphatic carbocycles. The molecule has 1 aliphatic heterocycles. The molecule has 1 aliphatic rings. The van der Waals surface area contributed by atoms with Gasteiger partial charge in [-0.2, -0.15) is 5.10 Å². The lowest BCUT2D eigenvalue weighted by Gasteiger charge is -2.20. The maximum Gasteiger partial charge on any atom is 0.270 e. The third kappa shape index (κ3) is 3.54. The number of hydrogen-bond acceptors (Lipinski definition) is 6. The predicted octanol–water partition coefficient (Wildman–Crippen LogP) is 0.977. The summed E-state index contributed by atoms with van der Waals surface area (Å²) in [4.78, 5) is 34.8. The molecular weight excluding hydrogens is 358 g/mol. The van der Waals surface area contributed by atoms with Gasteiger partial charge in [0.25, 0.3) is 11.8 Å². The van der Waals surface area contributed by atoms with Crippen molar-refractivity contribution >= 4 is 23.3 Å². The van der Waals surface area contributed by atoms with Crippen LogP contribution in [0.1, 0.15) is 21.7 Å². The van der Waals surface area contributed by atoms with Crippen LogP contribution in [-0.2, 0) is 11.2 Å². The number of aromatic nitrogens is 4. The van der Waals surface area contributed by atoms with Crippen molar-refractivity contribution in [1.29, 1.82) is 0 Å². The van der Waals surface area contributed by atoms with Crippen LogP contribution in [0.15, 0.2) is 48.9 Å². The third-order valence-electron chi connectivity index (χ3n) is 4.57. The maximum atomic E-state index is 12.7. The normalized spacial score (nSPS) is 16.1. The highest BCUT2D eigenvalue weighted by Gasteiger charge is 2.30. The first-order chi connectivity index (χ1) is 13.6. The summed E-state index contributed by atoms with van der Waals surface area (Å²) in [6.45, 7) is 0.226. The van der Waals surface area contributed by atoms with Gasteiger partial charge in [0.05, 0.1) is 11.9 Å². The molecule has 3 N–H and O–H groups in total. The van der Waals surface area contributed by atoms with Gasteiger partial charge >= 0.3 is 0 Å². The van der Waals surface area contributed by atoms with E-state index in [9.17, 15) is 9.59 Å². The number of nitrogens with zero attached hydrogens (tertiary/aromatic N) is 4. The Hall–Kier alpha value is -3.75. The number of likely N-dealkylation sites (N-methyl/N-ethyl adjacent to an activating group) is 1.